The maximum Gasteiger partial charge on any atom is 0.357 e. The summed E-state index contributed by atoms with van der Waals surface area (Å²) in [6, 6.07) is 14.2. The van der Waals surface area contributed by atoms with E-state index < -0.39 is 13.4 Å². The Morgan fingerprint density at radius 2 is 1.41 bits per heavy atom. The molecule has 0 aliphatic rings. The van der Waals surface area contributed by atoms with Crippen molar-refractivity contribution in [2.45, 2.75) is 52.6 Å². The molecule has 0 aliphatic carbocycles. The van der Waals surface area contributed by atoms with Gasteiger partial charge in [0.05, 0.1) is 19.3 Å². The first-order valence-corrected chi connectivity index (χ1v) is 11.2. The van der Waals surface area contributed by atoms with Gasteiger partial charge in [-0.1, -0.05) is 29.8 Å². The van der Waals surface area contributed by atoms with Gasteiger partial charge in [0.1, 0.15) is 5.75 Å². The fraction of sp³-hybridized carbons (Fsp3) is 0.409. The van der Waals surface area contributed by atoms with Crippen molar-refractivity contribution in [1.82, 2.24) is 5.32 Å². The topological polar surface area (TPSA) is 73.9 Å². The van der Waals surface area contributed by atoms with Crippen LogP contribution in [0.4, 0.5) is 0 Å². The summed E-state index contributed by atoms with van der Waals surface area (Å²) in [5, 5.41) is 2.87. The molecule has 0 fully saturated rings. The Labute approximate surface area is 173 Å². The average Bonchev–Trinajstić information content (AvgIpc) is 2.65. The van der Waals surface area contributed by atoms with Crippen molar-refractivity contribution < 1.29 is 23.1 Å². The highest BCUT2D eigenvalue weighted by molar-refractivity contribution is 7.54. The summed E-state index contributed by atoms with van der Waals surface area (Å²) in [4.78, 5) is 12.9. The van der Waals surface area contributed by atoms with Gasteiger partial charge in [0.15, 0.2) is 5.78 Å². The second-order valence-electron chi connectivity index (χ2n) is 7.36. The summed E-state index contributed by atoms with van der Waals surface area (Å²) in [7, 11) is -2.17. The number of carbonyl (C=O) groups excluding carboxylic acids is 1. The first kappa shape index (κ1) is 23.1. The Hall–Kier alpha value is -2.14. The van der Waals surface area contributed by atoms with E-state index in [1.54, 1.807) is 71.2 Å². The Balaban J connectivity index is 2.46. The van der Waals surface area contributed by atoms with Crippen LogP contribution in [0.3, 0.4) is 0 Å². The molecule has 0 heterocycles. The van der Waals surface area contributed by atoms with Crippen molar-refractivity contribution in [3.05, 3.63) is 65.2 Å². The van der Waals surface area contributed by atoms with Crippen molar-refractivity contribution in [3.8, 4) is 5.75 Å². The van der Waals surface area contributed by atoms with Gasteiger partial charge in [-0.3, -0.25) is 9.36 Å². The number of aryl methyl sites for hydroxylation is 1. The predicted molar refractivity (Wildman–Crippen MR) is 114 cm³/mol. The van der Waals surface area contributed by atoms with Crippen LogP contribution in [0.15, 0.2) is 48.5 Å². The fourth-order valence-electron chi connectivity index (χ4n) is 2.78. The second-order valence-corrected chi connectivity index (χ2v) is 9.38. The van der Waals surface area contributed by atoms with Gasteiger partial charge in [-0.2, -0.15) is 0 Å². The van der Waals surface area contributed by atoms with Crippen LogP contribution in [0.25, 0.3) is 0 Å². The van der Waals surface area contributed by atoms with Crippen LogP contribution in [0.2, 0.25) is 0 Å². The molecule has 1 atom stereocenters. The van der Waals surface area contributed by atoms with Gasteiger partial charge in [-0.25, -0.2) is 0 Å². The molecule has 2 aromatic carbocycles. The highest BCUT2D eigenvalue weighted by Crippen LogP contribution is 2.61. The van der Waals surface area contributed by atoms with Crippen LogP contribution >= 0.6 is 7.60 Å². The number of ether oxygens (including phenoxy) is 1. The predicted octanol–water partition coefficient (Wildman–Crippen LogP) is 5.48. The van der Waals surface area contributed by atoms with E-state index in [2.05, 4.69) is 5.32 Å². The summed E-state index contributed by atoms with van der Waals surface area (Å²) >= 11 is 0. The summed E-state index contributed by atoms with van der Waals surface area (Å²) in [5.41, 5.74) is 2.12. The molecule has 0 radical (unpaired) electrons. The average molecular weight is 419 g/mol. The molecule has 0 saturated carbocycles. The molecule has 0 aliphatic heterocycles. The third-order valence-corrected chi connectivity index (χ3v) is 6.54. The van der Waals surface area contributed by atoms with Crippen LogP contribution in [0, 0.1) is 6.92 Å². The molecule has 2 aromatic rings. The summed E-state index contributed by atoms with van der Waals surface area (Å²) < 4.78 is 30.6. The minimum absolute atomic E-state index is 0.350. The zero-order chi connectivity index (χ0) is 21.6. The van der Waals surface area contributed by atoms with Crippen LogP contribution < -0.4 is 10.1 Å². The van der Waals surface area contributed by atoms with E-state index in [1.165, 1.54) is 0 Å². The SMILES string of the molecule is COc1ccc([C@@H](NC(=O)c2ccc(C)cc2)P(=O)(OC(C)C)OC(C)C)cc1. The molecule has 158 valence electrons. The summed E-state index contributed by atoms with van der Waals surface area (Å²) in [6.45, 7) is 9.07. The monoisotopic (exact) mass is 419 g/mol. The van der Waals surface area contributed by atoms with Gasteiger partial charge in [-0.05, 0) is 64.4 Å². The molecule has 0 spiro atoms. The van der Waals surface area contributed by atoms with E-state index in [0.717, 1.165) is 5.56 Å². The Kier molecular flexibility index (Phi) is 8.03. The molecular weight excluding hydrogens is 389 g/mol. The minimum atomic E-state index is -3.74. The standard InChI is InChI=1S/C22H30NO5P/c1-15(2)27-29(25,28-16(3)4)22(19-11-13-20(26-6)14-12-19)23-21(24)18-9-7-17(5)8-10-18/h7-16,22H,1-6H3,(H,23,24)/t22-/m0/s1. The van der Waals surface area contributed by atoms with Crippen LogP contribution in [-0.4, -0.2) is 25.2 Å². The van der Waals surface area contributed by atoms with E-state index in [4.69, 9.17) is 13.8 Å². The van der Waals surface area contributed by atoms with Gasteiger partial charge in [0, 0.05) is 5.56 Å². The van der Waals surface area contributed by atoms with E-state index in [1.807, 2.05) is 19.1 Å². The Morgan fingerprint density at radius 1 is 0.897 bits per heavy atom. The lowest BCUT2D eigenvalue weighted by molar-refractivity contribution is 0.0919. The lowest BCUT2D eigenvalue weighted by Gasteiger charge is -2.30. The van der Waals surface area contributed by atoms with E-state index in [0.29, 0.717) is 16.9 Å². The third kappa shape index (κ3) is 6.43. The Bertz CT molecular complexity index is 833. The van der Waals surface area contributed by atoms with Crippen LogP contribution in [-0.2, 0) is 13.6 Å². The number of nitrogens with one attached hydrogen (secondary N) is 1. The molecule has 0 bridgehead atoms. The fourth-order valence-corrected chi connectivity index (χ4v) is 5.06. The quantitative estimate of drug-likeness (QED) is 0.545. The summed E-state index contributed by atoms with van der Waals surface area (Å²) in [5.74, 6) is -0.667. The van der Waals surface area contributed by atoms with Gasteiger partial charge < -0.3 is 19.1 Å². The maximum atomic E-state index is 13.8. The molecule has 7 heteroatoms. The largest absolute Gasteiger partial charge is 0.497 e. The van der Waals surface area contributed by atoms with Crippen molar-refractivity contribution in [2.75, 3.05) is 7.11 Å². The van der Waals surface area contributed by atoms with Crippen LogP contribution in [0.1, 0.15) is 55.0 Å². The van der Waals surface area contributed by atoms with Gasteiger partial charge in [-0.15, -0.1) is 0 Å². The van der Waals surface area contributed by atoms with Crippen molar-refractivity contribution in [2.24, 2.45) is 0 Å². The highest BCUT2D eigenvalue weighted by atomic mass is 31.2. The molecule has 0 aromatic heterocycles. The molecule has 2 rings (SSSR count). The van der Waals surface area contributed by atoms with Crippen LogP contribution in [0.5, 0.6) is 5.75 Å². The lowest BCUT2D eigenvalue weighted by Crippen LogP contribution is -2.31. The second kappa shape index (κ2) is 10.1. The normalized spacial score (nSPS) is 12.8. The molecule has 1 amide bonds. The molecule has 0 saturated heterocycles. The lowest BCUT2D eigenvalue weighted by atomic mass is 10.1. The number of benzene rings is 2. The first-order valence-electron chi connectivity index (χ1n) is 9.62. The third-order valence-electron chi connectivity index (χ3n) is 4.04. The van der Waals surface area contributed by atoms with E-state index >= 15 is 0 Å². The smallest absolute Gasteiger partial charge is 0.357 e. The molecular formula is C22H30NO5P. The molecule has 0 unspecified atom stereocenters. The van der Waals surface area contributed by atoms with Gasteiger partial charge in [0.25, 0.3) is 5.91 Å². The van der Waals surface area contributed by atoms with Crippen molar-refractivity contribution in [3.63, 3.8) is 0 Å². The number of rotatable bonds is 9. The molecule has 29 heavy (non-hydrogen) atoms. The number of carbonyl (C=O) groups is 1. The molecule has 6 nitrogen and oxygen atoms in total. The zero-order valence-electron chi connectivity index (χ0n) is 17.8. The number of amides is 1. The number of methoxy groups -OCH3 is 1. The van der Waals surface area contributed by atoms with Crippen molar-refractivity contribution in [1.29, 1.82) is 0 Å². The highest BCUT2D eigenvalue weighted by Gasteiger charge is 2.40. The van der Waals surface area contributed by atoms with E-state index in [9.17, 15) is 9.36 Å². The van der Waals surface area contributed by atoms with E-state index in [-0.39, 0.29) is 18.1 Å². The van der Waals surface area contributed by atoms with Gasteiger partial charge in [0.2, 0.25) is 0 Å². The Morgan fingerprint density at radius 3 is 1.86 bits per heavy atom. The molecule has 1 N–H and O–H groups in total. The maximum absolute atomic E-state index is 13.8. The first-order chi connectivity index (χ1) is 13.6. The minimum Gasteiger partial charge on any atom is -0.497 e. The summed E-state index contributed by atoms with van der Waals surface area (Å²) in [6.07, 6.45) is -0.701. The zero-order valence-corrected chi connectivity index (χ0v) is 18.7. The number of hydrogen-bond donors (Lipinski definition) is 1. The van der Waals surface area contributed by atoms with Crippen molar-refractivity contribution >= 4 is 13.5 Å². The number of hydrogen-bond acceptors (Lipinski definition) is 5. The van der Waals surface area contributed by atoms with Gasteiger partial charge >= 0.3 is 7.60 Å².